The maximum Gasteiger partial charge on any atom is 0.143 e. The first kappa shape index (κ1) is 15.5. The average molecular weight is 309 g/mol. The molecule has 0 saturated carbocycles. The van der Waals surface area contributed by atoms with Gasteiger partial charge in [0.05, 0.1) is 5.69 Å². The molecule has 1 fully saturated rings. The molecule has 23 heavy (non-hydrogen) atoms. The van der Waals surface area contributed by atoms with E-state index >= 15 is 0 Å². The molecule has 3 rings (SSSR count). The summed E-state index contributed by atoms with van der Waals surface area (Å²) in [6.07, 6.45) is 1.99. The summed E-state index contributed by atoms with van der Waals surface area (Å²) in [4.78, 5) is 2.43. The van der Waals surface area contributed by atoms with E-state index in [0.717, 1.165) is 32.5 Å². The maximum absolute atomic E-state index is 13.6. The fraction of sp³-hybridized carbons (Fsp3) is 0.316. The number of halogens is 1. The maximum atomic E-state index is 13.6. The van der Waals surface area contributed by atoms with Gasteiger partial charge in [-0.15, -0.1) is 0 Å². The highest BCUT2D eigenvalue weighted by Crippen LogP contribution is 2.22. The predicted molar refractivity (Wildman–Crippen MR) is 89.5 cm³/mol. The first-order valence-corrected chi connectivity index (χ1v) is 7.97. The second-order valence-electron chi connectivity index (χ2n) is 5.95. The minimum absolute atomic E-state index is 0.110. The molecule has 0 bridgehead atoms. The normalized spacial score (nSPS) is 16.0. The van der Waals surface area contributed by atoms with Gasteiger partial charge in [0.1, 0.15) is 17.4 Å². The zero-order chi connectivity index (χ0) is 16.1. The Bertz CT molecular complexity index is 686. The van der Waals surface area contributed by atoms with Gasteiger partial charge in [0, 0.05) is 25.7 Å². The number of nitrogens with zero attached hydrogens (tertiary/aromatic N) is 2. The molecule has 4 heteroatoms. The van der Waals surface area contributed by atoms with Crippen LogP contribution in [0.4, 0.5) is 10.1 Å². The molecule has 0 radical (unpaired) electrons. The van der Waals surface area contributed by atoms with Gasteiger partial charge in [-0.25, -0.2) is 4.39 Å². The molecule has 1 heterocycles. The van der Waals surface area contributed by atoms with Crippen LogP contribution in [-0.2, 0) is 6.54 Å². The number of anilines is 1. The van der Waals surface area contributed by atoms with Gasteiger partial charge >= 0.3 is 0 Å². The van der Waals surface area contributed by atoms with Gasteiger partial charge in [-0.1, -0.05) is 36.4 Å². The Morgan fingerprint density at radius 1 is 1.09 bits per heavy atom. The molecular formula is C19H20FN3. The van der Waals surface area contributed by atoms with Crippen molar-refractivity contribution in [2.45, 2.75) is 25.4 Å². The summed E-state index contributed by atoms with van der Waals surface area (Å²) < 4.78 is 13.6. The summed E-state index contributed by atoms with van der Waals surface area (Å²) in [6, 6.07) is 17.4. The molecule has 0 aromatic heterocycles. The summed E-state index contributed by atoms with van der Waals surface area (Å²) in [5.41, 5.74) is 2.05. The Hall–Kier alpha value is -2.38. The summed E-state index contributed by atoms with van der Waals surface area (Å²) in [6.45, 7) is 2.98. The molecule has 2 aromatic carbocycles. The Labute approximate surface area is 136 Å². The van der Waals surface area contributed by atoms with Gasteiger partial charge in [0.15, 0.2) is 0 Å². The first-order valence-electron chi connectivity index (χ1n) is 7.97. The van der Waals surface area contributed by atoms with Crippen molar-refractivity contribution in [3.05, 3.63) is 65.5 Å². The molecule has 0 spiro atoms. The van der Waals surface area contributed by atoms with Crippen molar-refractivity contribution in [2.24, 2.45) is 0 Å². The van der Waals surface area contributed by atoms with E-state index in [1.165, 1.54) is 11.6 Å². The Morgan fingerprint density at radius 3 is 2.52 bits per heavy atom. The van der Waals surface area contributed by atoms with Gasteiger partial charge in [-0.3, -0.25) is 4.90 Å². The Morgan fingerprint density at radius 2 is 1.83 bits per heavy atom. The molecular weight excluding hydrogens is 289 g/mol. The molecule has 1 aliphatic heterocycles. The van der Waals surface area contributed by atoms with Gasteiger partial charge in [-0.2, -0.15) is 5.26 Å². The van der Waals surface area contributed by atoms with E-state index in [1.807, 2.05) is 12.1 Å². The van der Waals surface area contributed by atoms with Crippen LogP contribution in [0, 0.1) is 17.1 Å². The van der Waals surface area contributed by atoms with Crippen molar-refractivity contribution in [3.8, 4) is 6.07 Å². The highest BCUT2D eigenvalue weighted by atomic mass is 19.1. The quantitative estimate of drug-likeness (QED) is 0.934. The van der Waals surface area contributed by atoms with E-state index < -0.39 is 5.82 Å². The number of rotatable bonds is 4. The van der Waals surface area contributed by atoms with Crippen molar-refractivity contribution in [2.75, 3.05) is 18.4 Å². The SMILES string of the molecule is N#Cc1c(F)cccc1NC1CCN(Cc2ccccc2)CC1. The molecule has 1 aliphatic rings. The van der Waals surface area contributed by atoms with Crippen LogP contribution < -0.4 is 5.32 Å². The van der Waals surface area contributed by atoms with E-state index in [2.05, 4.69) is 34.5 Å². The molecule has 0 amide bonds. The summed E-state index contributed by atoms with van der Waals surface area (Å²) in [7, 11) is 0. The van der Waals surface area contributed by atoms with Crippen molar-refractivity contribution in [1.29, 1.82) is 5.26 Å². The summed E-state index contributed by atoms with van der Waals surface area (Å²) >= 11 is 0. The van der Waals surface area contributed by atoms with E-state index in [0.29, 0.717) is 5.69 Å². The number of likely N-dealkylation sites (tertiary alicyclic amines) is 1. The monoisotopic (exact) mass is 309 g/mol. The molecule has 2 aromatic rings. The van der Waals surface area contributed by atoms with Gasteiger partial charge in [-0.05, 0) is 30.5 Å². The van der Waals surface area contributed by atoms with Crippen LogP contribution in [0.5, 0.6) is 0 Å². The molecule has 0 unspecified atom stereocenters. The van der Waals surface area contributed by atoms with Crippen LogP contribution in [0.3, 0.4) is 0 Å². The smallest absolute Gasteiger partial charge is 0.143 e. The van der Waals surface area contributed by atoms with E-state index in [4.69, 9.17) is 5.26 Å². The van der Waals surface area contributed by atoms with Crippen molar-refractivity contribution in [3.63, 3.8) is 0 Å². The first-order chi connectivity index (χ1) is 11.3. The third-order valence-corrected chi connectivity index (χ3v) is 4.32. The lowest BCUT2D eigenvalue weighted by atomic mass is 10.0. The van der Waals surface area contributed by atoms with Crippen LogP contribution in [0.2, 0.25) is 0 Å². The fourth-order valence-electron chi connectivity index (χ4n) is 3.05. The standard InChI is InChI=1S/C19H20FN3/c20-18-7-4-8-19(17(18)13-21)22-16-9-11-23(12-10-16)14-15-5-2-1-3-6-15/h1-8,16,22H,9-12,14H2. The fourth-order valence-corrected chi connectivity index (χ4v) is 3.05. The molecule has 0 atom stereocenters. The minimum atomic E-state index is -0.459. The van der Waals surface area contributed by atoms with Crippen LogP contribution in [0.15, 0.2) is 48.5 Å². The van der Waals surface area contributed by atoms with E-state index in [1.54, 1.807) is 12.1 Å². The van der Waals surface area contributed by atoms with E-state index in [9.17, 15) is 4.39 Å². The lowest BCUT2D eigenvalue weighted by Crippen LogP contribution is -2.38. The lowest BCUT2D eigenvalue weighted by Gasteiger charge is -2.33. The van der Waals surface area contributed by atoms with E-state index in [-0.39, 0.29) is 11.6 Å². The van der Waals surface area contributed by atoms with Crippen molar-refractivity contribution < 1.29 is 4.39 Å². The second-order valence-corrected chi connectivity index (χ2v) is 5.95. The molecule has 0 aliphatic carbocycles. The lowest BCUT2D eigenvalue weighted by molar-refractivity contribution is 0.211. The van der Waals surface area contributed by atoms with Crippen molar-refractivity contribution in [1.82, 2.24) is 4.90 Å². The molecule has 1 saturated heterocycles. The molecule has 118 valence electrons. The number of piperidine rings is 1. The number of hydrogen-bond donors (Lipinski definition) is 1. The minimum Gasteiger partial charge on any atom is -0.381 e. The van der Waals surface area contributed by atoms with Crippen LogP contribution in [0.25, 0.3) is 0 Å². The highest BCUT2D eigenvalue weighted by Gasteiger charge is 2.20. The summed E-state index contributed by atoms with van der Waals surface area (Å²) in [5.74, 6) is -0.459. The zero-order valence-corrected chi connectivity index (χ0v) is 13.0. The van der Waals surface area contributed by atoms with Crippen LogP contribution in [0.1, 0.15) is 24.0 Å². The van der Waals surface area contributed by atoms with Crippen LogP contribution in [-0.4, -0.2) is 24.0 Å². The Kier molecular flexibility index (Phi) is 4.89. The largest absolute Gasteiger partial charge is 0.381 e. The number of hydrogen-bond acceptors (Lipinski definition) is 3. The number of nitriles is 1. The molecule has 3 nitrogen and oxygen atoms in total. The topological polar surface area (TPSA) is 39.1 Å². The number of nitrogens with one attached hydrogen (secondary N) is 1. The Balaban J connectivity index is 1.56. The molecule has 1 N–H and O–H groups in total. The predicted octanol–water partition coefficient (Wildman–Crippen LogP) is 3.77. The van der Waals surface area contributed by atoms with Crippen molar-refractivity contribution >= 4 is 5.69 Å². The number of benzene rings is 2. The third kappa shape index (κ3) is 3.88. The average Bonchev–Trinajstić information content (AvgIpc) is 2.58. The highest BCUT2D eigenvalue weighted by molar-refractivity contribution is 5.58. The van der Waals surface area contributed by atoms with Gasteiger partial charge in [0.2, 0.25) is 0 Å². The van der Waals surface area contributed by atoms with Gasteiger partial charge in [0.25, 0.3) is 0 Å². The zero-order valence-electron chi connectivity index (χ0n) is 13.0. The van der Waals surface area contributed by atoms with Crippen LogP contribution >= 0.6 is 0 Å². The van der Waals surface area contributed by atoms with Gasteiger partial charge < -0.3 is 5.32 Å². The third-order valence-electron chi connectivity index (χ3n) is 4.32. The second kappa shape index (κ2) is 7.26. The summed E-state index contributed by atoms with van der Waals surface area (Å²) in [5, 5.41) is 12.4.